The lowest BCUT2D eigenvalue weighted by Gasteiger charge is -1.96. The third-order valence-corrected chi connectivity index (χ3v) is 1.99. The van der Waals surface area contributed by atoms with Gasteiger partial charge in [-0.25, -0.2) is 0 Å². The molecule has 0 N–H and O–H groups in total. The fourth-order valence-corrected chi connectivity index (χ4v) is 1.22. The maximum atomic E-state index is 3.54. The lowest BCUT2D eigenvalue weighted by molar-refractivity contribution is 0.763. The van der Waals surface area contributed by atoms with Gasteiger partial charge in [0.1, 0.15) is 0 Å². The third kappa shape index (κ3) is 6.70. The van der Waals surface area contributed by atoms with Crippen molar-refractivity contribution < 1.29 is 0 Å². The number of alkyl halides is 1. The van der Waals surface area contributed by atoms with Gasteiger partial charge in [-0.15, -0.1) is 0 Å². The van der Waals surface area contributed by atoms with E-state index in [1.54, 1.807) is 0 Å². The quantitative estimate of drug-likeness (QED) is 0.454. The highest BCUT2D eigenvalue weighted by Gasteiger charge is 1.90. The fourth-order valence-electron chi connectivity index (χ4n) is 0.485. The number of hydrogen-bond acceptors (Lipinski definition) is 0. The van der Waals surface area contributed by atoms with Crippen LogP contribution in [0.2, 0.25) is 0 Å². The molecule has 0 spiro atoms. The Balaban J connectivity index is 2.68. The van der Waals surface area contributed by atoms with Crippen molar-refractivity contribution in [3.8, 4) is 0 Å². The van der Waals surface area contributed by atoms with Crippen molar-refractivity contribution >= 4 is 26.2 Å². The highest BCUT2D eigenvalue weighted by molar-refractivity contribution is 9.10. The van der Waals surface area contributed by atoms with Crippen LogP contribution in [0.3, 0.4) is 0 Å². The molecule has 0 aliphatic rings. The Morgan fingerprint density at radius 1 is 1.71 bits per heavy atom. The monoisotopic (exact) mass is 180 g/mol. The summed E-state index contributed by atoms with van der Waals surface area (Å²) < 4.78 is 0.854. The molecule has 0 radical (unpaired) electrons. The van der Waals surface area contributed by atoms with Crippen LogP contribution >= 0.6 is 15.9 Å². The first-order valence-corrected chi connectivity index (χ1v) is 4.98. The summed E-state index contributed by atoms with van der Waals surface area (Å²) in [6.45, 7) is 2.23. The van der Waals surface area contributed by atoms with E-state index in [2.05, 4.69) is 22.9 Å². The lowest BCUT2D eigenvalue weighted by atomic mass is 10.3. The van der Waals surface area contributed by atoms with E-state index in [0.29, 0.717) is 0 Å². The standard InChI is InChI=1S/C5H13BrSi/c1-2-3-4-5(6)7/h5H,2-4H2,1,7H3. The first-order valence-electron chi connectivity index (χ1n) is 2.91. The molecule has 0 saturated heterocycles. The van der Waals surface area contributed by atoms with Crippen molar-refractivity contribution in [1.82, 2.24) is 0 Å². The zero-order valence-corrected chi connectivity index (χ0v) is 8.66. The van der Waals surface area contributed by atoms with Crippen LogP contribution in [0.15, 0.2) is 0 Å². The molecule has 1 atom stereocenters. The zero-order chi connectivity index (χ0) is 5.70. The van der Waals surface area contributed by atoms with E-state index in [-0.39, 0.29) is 0 Å². The Bertz CT molecular complexity index is 37.1. The molecule has 0 amide bonds. The van der Waals surface area contributed by atoms with Crippen LogP contribution < -0.4 is 0 Å². The van der Waals surface area contributed by atoms with Gasteiger partial charge in [0, 0.05) is 10.2 Å². The van der Waals surface area contributed by atoms with Gasteiger partial charge in [0.2, 0.25) is 0 Å². The molecule has 0 aromatic rings. The Morgan fingerprint density at radius 2 is 2.29 bits per heavy atom. The molecular weight excluding hydrogens is 168 g/mol. The largest absolute Gasteiger partial charge is 0.0936 e. The minimum atomic E-state index is 0.854. The number of rotatable bonds is 3. The molecule has 0 rings (SSSR count). The molecule has 0 aromatic heterocycles. The summed E-state index contributed by atoms with van der Waals surface area (Å²) in [4.78, 5) is 0. The Labute approximate surface area is 57.2 Å². The van der Waals surface area contributed by atoms with Gasteiger partial charge < -0.3 is 0 Å². The normalized spacial score (nSPS) is 14.6. The molecule has 2 heteroatoms. The summed E-state index contributed by atoms with van der Waals surface area (Å²) in [5.74, 6) is 0. The average molecular weight is 181 g/mol. The first kappa shape index (κ1) is 7.70. The van der Waals surface area contributed by atoms with Crippen molar-refractivity contribution in [2.24, 2.45) is 0 Å². The summed E-state index contributed by atoms with van der Waals surface area (Å²) in [6, 6.07) is 0. The summed E-state index contributed by atoms with van der Waals surface area (Å²) >= 11 is 3.54. The summed E-state index contributed by atoms with van der Waals surface area (Å²) in [7, 11) is 1.30. The van der Waals surface area contributed by atoms with Crippen LogP contribution in [0.4, 0.5) is 0 Å². The average Bonchev–Trinajstić information content (AvgIpc) is 1.61. The number of halogens is 1. The van der Waals surface area contributed by atoms with E-state index in [1.807, 2.05) is 0 Å². The molecule has 0 bridgehead atoms. The van der Waals surface area contributed by atoms with E-state index >= 15 is 0 Å². The second-order valence-corrected chi connectivity index (χ2v) is 6.57. The fraction of sp³-hybridized carbons (Fsp3) is 1.00. The van der Waals surface area contributed by atoms with E-state index in [9.17, 15) is 0 Å². The van der Waals surface area contributed by atoms with Gasteiger partial charge in [-0.3, -0.25) is 0 Å². The van der Waals surface area contributed by atoms with E-state index < -0.39 is 0 Å². The maximum absolute atomic E-state index is 3.54. The molecule has 0 nitrogen and oxygen atoms in total. The topological polar surface area (TPSA) is 0 Å². The molecule has 0 aromatic carbocycles. The summed E-state index contributed by atoms with van der Waals surface area (Å²) in [5, 5.41) is 0. The van der Waals surface area contributed by atoms with Gasteiger partial charge in [-0.2, -0.15) is 0 Å². The number of hydrogen-bond donors (Lipinski definition) is 0. The smallest absolute Gasteiger partial charge is 0.0201 e. The maximum Gasteiger partial charge on any atom is 0.0201 e. The predicted molar refractivity (Wildman–Crippen MR) is 42.2 cm³/mol. The highest BCUT2D eigenvalue weighted by atomic mass is 79.9. The highest BCUT2D eigenvalue weighted by Crippen LogP contribution is 2.04. The Hall–Kier alpha value is 0.697. The molecule has 1 unspecified atom stereocenters. The zero-order valence-electron chi connectivity index (χ0n) is 5.08. The SMILES string of the molecule is CCCCC([SiH3])Br. The summed E-state index contributed by atoms with van der Waals surface area (Å²) in [5.41, 5.74) is 0. The van der Waals surface area contributed by atoms with Gasteiger partial charge in [0.25, 0.3) is 0 Å². The molecule has 44 valence electrons. The molecule has 0 saturated carbocycles. The van der Waals surface area contributed by atoms with Crippen LogP contribution in [0, 0.1) is 0 Å². The minimum Gasteiger partial charge on any atom is -0.0936 e. The molecule has 0 heterocycles. The third-order valence-electron chi connectivity index (χ3n) is 0.955. The van der Waals surface area contributed by atoms with Crippen LogP contribution in [0.1, 0.15) is 26.2 Å². The van der Waals surface area contributed by atoms with Crippen molar-refractivity contribution in [2.45, 2.75) is 30.6 Å². The van der Waals surface area contributed by atoms with Crippen molar-refractivity contribution in [3.63, 3.8) is 0 Å². The van der Waals surface area contributed by atoms with Crippen molar-refractivity contribution in [1.29, 1.82) is 0 Å². The lowest BCUT2D eigenvalue weighted by Crippen LogP contribution is -1.93. The number of unbranched alkanes of at least 4 members (excludes halogenated alkanes) is 1. The first-order chi connectivity index (χ1) is 3.27. The van der Waals surface area contributed by atoms with Crippen LogP contribution in [-0.2, 0) is 0 Å². The second kappa shape index (κ2) is 4.85. The van der Waals surface area contributed by atoms with Crippen molar-refractivity contribution in [3.05, 3.63) is 0 Å². The van der Waals surface area contributed by atoms with Crippen LogP contribution in [-0.4, -0.2) is 14.7 Å². The van der Waals surface area contributed by atoms with E-state index in [4.69, 9.17) is 0 Å². The van der Waals surface area contributed by atoms with Crippen molar-refractivity contribution in [2.75, 3.05) is 0 Å². The predicted octanol–water partition coefficient (Wildman–Crippen LogP) is 1.26. The van der Waals surface area contributed by atoms with Gasteiger partial charge in [-0.1, -0.05) is 35.7 Å². The van der Waals surface area contributed by atoms with Crippen LogP contribution in [0.5, 0.6) is 0 Å². The molecule has 0 fully saturated rings. The molecule has 0 aliphatic heterocycles. The Morgan fingerprint density at radius 3 is 2.43 bits per heavy atom. The second-order valence-electron chi connectivity index (χ2n) is 1.92. The van der Waals surface area contributed by atoms with Crippen LogP contribution in [0.25, 0.3) is 0 Å². The minimum absolute atomic E-state index is 0.854. The summed E-state index contributed by atoms with van der Waals surface area (Å²) in [6.07, 6.45) is 4.10. The van der Waals surface area contributed by atoms with Gasteiger partial charge in [0.15, 0.2) is 0 Å². The van der Waals surface area contributed by atoms with Gasteiger partial charge in [-0.05, 0) is 10.9 Å². The molecule has 0 aliphatic carbocycles. The van der Waals surface area contributed by atoms with Gasteiger partial charge >= 0.3 is 0 Å². The van der Waals surface area contributed by atoms with Gasteiger partial charge in [0.05, 0.1) is 0 Å². The van der Waals surface area contributed by atoms with E-state index in [1.165, 1.54) is 29.5 Å². The molecule has 7 heavy (non-hydrogen) atoms. The molecular formula is C5H13BrSi. The van der Waals surface area contributed by atoms with E-state index in [0.717, 1.165) is 4.45 Å². The Kier molecular flexibility index (Phi) is 5.33.